The van der Waals surface area contributed by atoms with Gasteiger partial charge in [-0.05, 0) is 49.7 Å². The number of pyridine rings is 1. The van der Waals surface area contributed by atoms with E-state index in [0.717, 1.165) is 28.1 Å². The van der Waals surface area contributed by atoms with E-state index in [1.165, 1.54) is 0 Å². The van der Waals surface area contributed by atoms with E-state index >= 15 is 0 Å². The average Bonchev–Trinajstić information content (AvgIpc) is 3.20. The highest BCUT2D eigenvalue weighted by Gasteiger charge is 2.16. The summed E-state index contributed by atoms with van der Waals surface area (Å²) in [4.78, 5) is 25.9. The van der Waals surface area contributed by atoms with Crippen LogP contribution in [0.4, 0.5) is 0 Å². The van der Waals surface area contributed by atoms with Crippen molar-refractivity contribution < 1.29 is 4.79 Å². The van der Waals surface area contributed by atoms with E-state index in [0.29, 0.717) is 11.3 Å². The van der Waals surface area contributed by atoms with E-state index in [4.69, 9.17) is 0 Å². The van der Waals surface area contributed by atoms with Crippen LogP contribution in [0.2, 0.25) is 0 Å². The molecule has 0 aliphatic rings. The molecule has 30 heavy (non-hydrogen) atoms. The van der Waals surface area contributed by atoms with Crippen molar-refractivity contribution >= 4 is 5.91 Å². The van der Waals surface area contributed by atoms with Gasteiger partial charge in [-0.3, -0.25) is 24.4 Å². The molecule has 4 rings (SSSR count). The maximum Gasteiger partial charge on any atom is 0.251 e. The summed E-state index contributed by atoms with van der Waals surface area (Å²) in [6.07, 6.45) is 8.43. The number of carbonyl (C=O) groups is 1. The number of nitrogens with one attached hydrogen (secondary N) is 1. The van der Waals surface area contributed by atoms with Gasteiger partial charge in [-0.1, -0.05) is 6.07 Å². The second-order valence-corrected chi connectivity index (χ2v) is 7.19. The van der Waals surface area contributed by atoms with Gasteiger partial charge >= 0.3 is 0 Å². The Balaban J connectivity index is 1.73. The highest BCUT2D eigenvalue weighted by Crippen LogP contribution is 2.27. The predicted octanol–water partition coefficient (Wildman–Crippen LogP) is 3.74. The molecule has 0 aliphatic carbocycles. The van der Waals surface area contributed by atoms with Crippen molar-refractivity contribution in [3.05, 3.63) is 84.2 Å². The average molecular weight is 398 g/mol. The van der Waals surface area contributed by atoms with Gasteiger partial charge in [0.1, 0.15) is 0 Å². The summed E-state index contributed by atoms with van der Waals surface area (Å²) in [5.41, 5.74) is 5.81. The van der Waals surface area contributed by atoms with Crippen molar-refractivity contribution in [2.75, 3.05) is 0 Å². The Bertz CT molecular complexity index is 1170. The maximum atomic E-state index is 13.1. The molecule has 0 saturated heterocycles. The Kier molecular flexibility index (Phi) is 5.34. The van der Waals surface area contributed by atoms with Crippen molar-refractivity contribution in [1.29, 1.82) is 0 Å². The van der Waals surface area contributed by atoms with Crippen LogP contribution in [0.1, 0.15) is 34.6 Å². The first-order valence-corrected chi connectivity index (χ1v) is 9.64. The number of hydrogen-bond donors (Lipinski definition) is 1. The van der Waals surface area contributed by atoms with Crippen LogP contribution in [0.25, 0.3) is 22.5 Å². The molecule has 1 aromatic carbocycles. The van der Waals surface area contributed by atoms with Crippen LogP contribution in [0.3, 0.4) is 0 Å². The summed E-state index contributed by atoms with van der Waals surface area (Å²) in [5.74, 6) is -0.189. The minimum absolute atomic E-state index is 0.189. The first-order valence-electron chi connectivity index (χ1n) is 9.64. The lowest BCUT2D eigenvalue weighted by atomic mass is 10.00. The van der Waals surface area contributed by atoms with Gasteiger partial charge < -0.3 is 5.32 Å². The second kappa shape index (κ2) is 8.24. The van der Waals surface area contributed by atoms with Gasteiger partial charge in [-0.25, -0.2) is 0 Å². The molecular weight excluding hydrogens is 376 g/mol. The molecule has 3 heterocycles. The van der Waals surface area contributed by atoms with Gasteiger partial charge in [0.15, 0.2) is 0 Å². The third-order valence-corrected chi connectivity index (χ3v) is 4.89. The fourth-order valence-electron chi connectivity index (χ4n) is 3.24. The number of rotatable bonds is 5. The summed E-state index contributed by atoms with van der Waals surface area (Å²) in [6, 6.07) is 11.4. The van der Waals surface area contributed by atoms with Crippen LogP contribution in [-0.4, -0.2) is 30.6 Å². The standard InChI is InChI=1S/C23H22N6O/c1-15-4-5-20(26-13-15)17-10-18(22-6-7-27-29(22)3)12-19(11-17)23(30)28-16(2)21-14-24-8-9-25-21/h4-14,16H,1-3H3,(H,28,30). The Morgan fingerprint density at radius 3 is 2.50 bits per heavy atom. The summed E-state index contributed by atoms with van der Waals surface area (Å²) in [7, 11) is 1.88. The largest absolute Gasteiger partial charge is 0.344 e. The quantitative estimate of drug-likeness (QED) is 0.553. The van der Waals surface area contributed by atoms with E-state index in [9.17, 15) is 4.79 Å². The molecule has 150 valence electrons. The Hall–Kier alpha value is -3.87. The molecule has 4 aromatic rings. The van der Waals surface area contributed by atoms with Crippen LogP contribution in [0.15, 0.2) is 67.4 Å². The first kappa shape index (κ1) is 19.4. The van der Waals surface area contributed by atoms with Gasteiger partial charge in [0.25, 0.3) is 5.91 Å². The molecule has 0 radical (unpaired) electrons. The maximum absolute atomic E-state index is 13.1. The number of hydrogen-bond acceptors (Lipinski definition) is 5. The molecule has 3 aromatic heterocycles. The van der Waals surface area contributed by atoms with Crippen LogP contribution >= 0.6 is 0 Å². The van der Waals surface area contributed by atoms with E-state index in [1.807, 2.05) is 63.5 Å². The lowest BCUT2D eigenvalue weighted by molar-refractivity contribution is 0.0939. The number of nitrogens with zero attached hydrogens (tertiary/aromatic N) is 5. The van der Waals surface area contributed by atoms with Crippen molar-refractivity contribution in [3.63, 3.8) is 0 Å². The number of aryl methyl sites for hydroxylation is 2. The zero-order valence-electron chi connectivity index (χ0n) is 17.1. The van der Waals surface area contributed by atoms with Gasteiger partial charge in [0, 0.05) is 48.5 Å². The molecule has 1 atom stereocenters. The predicted molar refractivity (Wildman–Crippen MR) is 115 cm³/mol. The van der Waals surface area contributed by atoms with Crippen molar-refractivity contribution in [2.24, 2.45) is 7.05 Å². The Labute approximate surface area is 174 Å². The lowest BCUT2D eigenvalue weighted by Gasteiger charge is -2.15. The minimum atomic E-state index is -0.271. The smallest absolute Gasteiger partial charge is 0.251 e. The van der Waals surface area contributed by atoms with Crippen molar-refractivity contribution in [3.8, 4) is 22.5 Å². The van der Waals surface area contributed by atoms with Crippen LogP contribution in [0.5, 0.6) is 0 Å². The van der Waals surface area contributed by atoms with E-state index in [2.05, 4.69) is 25.4 Å². The van der Waals surface area contributed by atoms with Gasteiger partial charge in [-0.2, -0.15) is 5.10 Å². The zero-order valence-corrected chi connectivity index (χ0v) is 17.1. The lowest BCUT2D eigenvalue weighted by Crippen LogP contribution is -2.27. The molecule has 0 bridgehead atoms. The van der Waals surface area contributed by atoms with Crippen LogP contribution in [0, 0.1) is 6.92 Å². The SMILES string of the molecule is Cc1ccc(-c2cc(C(=O)NC(C)c3cnccn3)cc(-c3ccnn3C)c2)nc1. The van der Waals surface area contributed by atoms with Gasteiger partial charge in [0.05, 0.1) is 29.3 Å². The summed E-state index contributed by atoms with van der Waals surface area (Å²) in [6.45, 7) is 3.88. The molecule has 1 N–H and O–H groups in total. The van der Waals surface area contributed by atoms with Gasteiger partial charge in [0.2, 0.25) is 0 Å². The number of aromatic nitrogens is 5. The minimum Gasteiger partial charge on any atom is -0.344 e. The summed E-state index contributed by atoms with van der Waals surface area (Å²) in [5, 5.41) is 7.26. The molecule has 0 saturated carbocycles. The number of benzene rings is 1. The Morgan fingerprint density at radius 2 is 1.83 bits per heavy atom. The number of amides is 1. The molecule has 1 unspecified atom stereocenters. The van der Waals surface area contributed by atoms with Crippen LogP contribution in [-0.2, 0) is 7.05 Å². The molecule has 7 heteroatoms. The zero-order chi connectivity index (χ0) is 21.1. The van der Waals surface area contributed by atoms with Crippen molar-refractivity contribution in [2.45, 2.75) is 19.9 Å². The van der Waals surface area contributed by atoms with E-state index < -0.39 is 0 Å². The van der Waals surface area contributed by atoms with E-state index in [-0.39, 0.29) is 11.9 Å². The molecular formula is C23H22N6O. The monoisotopic (exact) mass is 398 g/mol. The number of carbonyl (C=O) groups excluding carboxylic acids is 1. The molecule has 0 spiro atoms. The topological polar surface area (TPSA) is 85.6 Å². The fraction of sp³-hybridized carbons (Fsp3) is 0.174. The van der Waals surface area contributed by atoms with Gasteiger partial charge in [-0.15, -0.1) is 0 Å². The van der Waals surface area contributed by atoms with E-state index in [1.54, 1.807) is 29.5 Å². The normalized spacial score (nSPS) is 11.8. The van der Waals surface area contributed by atoms with Crippen molar-refractivity contribution in [1.82, 2.24) is 30.0 Å². The highest BCUT2D eigenvalue weighted by molar-refractivity contribution is 5.97. The highest BCUT2D eigenvalue weighted by atomic mass is 16.1. The molecule has 1 amide bonds. The van der Waals surface area contributed by atoms with Crippen LogP contribution < -0.4 is 5.32 Å². The summed E-state index contributed by atoms with van der Waals surface area (Å²) >= 11 is 0. The fourth-order valence-corrected chi connectivity index (χ4v) is 3.24. The first-order chi connectivity index (χ1) is 14.5. The molecule has 7 nitrogen and oxygen atoms in total. The third kappa shape index (κ3) is 4.10. The Morgan fingerprint density at radius 1 is 1.00 bits per heavy atom. The third-order valence-electron chi connectivity index (χ3n) is 4.89. The molecule has 0 aliphatic heterocycles. The summed E-state index contributed by atoms with van der Waals surface area (Å²) < 4.78 is 1.78. The molecule has 0 fully saturated rings. The second-order valence-electron chi connectivity index (χ2n) is 7.19.